The summed E-state index contributed by atoms with van der Waals surface area (Å²) in [6.45, 7) is 5.00. The minimum absolute atomic E-state index is 0.337. The first-order chi connectivity index (χ1) is 8.65. The smallest absolute Gasteiger partial charge is 0.0545 e. The van der Waals surface area contributed by atoms with Crippen molar-refractivity contribution in [3.05, 3.63) is 63.0 Å². The van der Waals surface area contributed by atoms with E-state index in [0.717, 1.165) is 17.9 Å². The summed E-state index contributed by atoms with van der Waals surface area (Å²) in [5.41, 5.74) is 3.46. The van der Waals surface area contributed by atoms with E-state index < -0.39 is 0 Å². The van der Waals surface area contributed by atoms with Crippen molar-refractivity contribution in [2.75, 3.05) is 0 Å². The van der Waals surface area contributed by atoms with Gasteiger partial charge in [0.15, 0.2) is 0 Å². The normalized spacial score (nSPS) is 12.4. The van der Waals surface area contributed by atoms with Crippen LogP contribution in [0.1, 0.15) is 29.9 Å². The molecule has 0 aliphatic carbocycles. The van der Waals surface area contributed by atoms with Gasteiger partial charge < -0.3 is 5.32 Å². The minimum atomic E-state index is 0.337. The summed E-state index contributed by atoms with van der Waals surface area (Å²) in [4.78, 5) is 4.49. The molecule has 0 saturated heterocycles. The predicted molar refractivity (Wildman–Crippen MR) is 83.4 cm³/mol. The second kappa shape index (κ2) is 6.29. The zero-order valence-electron chi connectivity index (χ0n) is 10.7. The van der Waals surface area contributed by atoms with Crippen molar-refractivity contribution in [3.63, 3.8) is 0 Å². The van der Waals surface area contributed by atoms with Gasteiger partial charge in [0.2, 0.25) is 0 Å². The lowest BCUT2D eigenvalue weighted by Crippen LogP contribution is -2.18. The summed E-state index contributed by atoms with van der Waals surface area (Å²) >= 11 is 2.32. The summed E-state index contributed by atoms with van der Waals surface area (Å²) in [5, 5.41) is 3.50. The van der Waals surface area contributed by atoms with Crippen LogP contribution in [0.3, 0.4) is 0 Å². The van der Waals surface area contributed by atoms with Crippen LogP contribution in [0.15, 0.2) is 42.5 Å². The molecule has 1 unspecified atom stereocenters. The monoisotopic (exact) mass is 352 g/mol. The van der Waals surface area contributed by atoms with Crippen molar-refractivity contribution in [1.29, 1.82) is 0 Å². The highest BCUT2D eigenvalue weighted by atomic mass is 127. The molecule has 1 aromatic carbocycles. The van der Waals surface area contributed by atoms with Crippen molar-refractivity contribution in [2.45, 2.75) is 26.4 Å². The average molecular weight is 352 g/mol. The molecule has 0 aliphatic rings. The predicted octanol–water partition coefficient (Wildman–Crippen LogP) is 3.85. The van der Waals surface area contributed by atoms with Gasteiger partial charge in [0.05, 0.1) is 5.69 Å². The number of hydrogen-bond acceptors (Lipinski definition) is 2. The Morgan fingerprint density at radius 2 is 1.89 bits per heavy atom. The van der Waals surface area contributed by atoms with Gasteiger partial charge in [-0.15, -0.1) is 0 Å². The van der Waals surface area contributed by atoms with Crippen LogP contribution in [0.25, 0.3) is 0 Å². The van der Waals surface area contributed by atoms with E-state index in [1.165, 1.54) is 9.13 Å². The van der Waals surface area contributed by atoms with Crippen LogP contribution >= 0.6 is 22.6 Å². The van der Waals surface area contributed by atoms with E-state index in [-0.39, 0.29) is 0 Å². The summed E-state index contributed by atoms with van der Waals surface area (Å²) in [5.74, 6) is 0. The second-order valence-electron chi connectivity index (χ2n) is 4.42. The quantitative estimate of drug-likeness (QED) is 0.846. The molecular formula is C15H17IN2. The highest BCUT2D eigenvalue weighted by molar-refractivity contribution is 14.1. The first-order valence-corrected chi connectivity index (χ1v) is 7.14. The summed E-state index contributed by atoms with van der Waals surface area (Å²) in [7, 11) is 0. The van der Waals surface area contributed by atoms with Gasteiger partial charge in [0.25, 0.3) is 0 Å². The Bertz CT molecular complexity index is 508. The van der Waals surface area contributed by atoms with Crippen LogP contribution in [0.5, 0.6) is 0 Å². The zero-order valence-corrected chi connectivity index (χ0v) is 12.8. The van der Waals surface area contributed by atoms with Gasteiger partial charge in [0.1, 0.15) is 0 Å². The molecule has 0 amide bonds. The van der Waals surface area contributed by atoms with Crippen molar-refractivity contribution in [1.82, 2.24) is 10.3 Å². The molecule has 0 radical (unpaired) electrons. The number of pyridine rings is 1. The average Bonchev–Trinajstić information content (AvgIpc) is 2.37. The Balaban J connectivity index is 1.96. The minimum Gasteiger partial charge on any atom is -0.305 e. The maximum atomic E-state index is 4.49. The van der Waals surface area contributed by atoms with Crippen LogP contribution in [-0.4, -0.2) is 4.98 Å². The molecule has 2 rings (SSSR count). The fourth-order valence-corrected chi connectivity index (χ4v) is 2.18. The molecule has 2 nitrogen and oxygen atoms in total. The Morgan fingerprint density at radius 3 is 2.56 bits per heavy atom. The van der Waals surface area contributed by atoms with Crippen molar-refractivity contribution in [2.24, 2.45) is 0 Å². The van der Waals surface area contributed by atoms with E-state index in [1.54, 1.807) is 0 Å². The van der Waals surface area contributed by atoms with Crippen LogP contribution in [0, 0.1) is 10.5 Å². The molecule has 0 fully saturated rings. The number of nitrogens with one attached hydrogen (secondary N) is 1. The van der Waals surface area contributed by atoms with Gasteiger partial charge in [-0.2, -0.15) is 0 Å². The van der Waals surface area contributed by atoms with E-state index in [4.69, 9.17) is 0 Å². The Hall–Kier alpha value is -0.940. The van der Waals surface area contributed by atoms with E-state index in [2.05, 4.69) is 76.2 Å². The molecule has 18 heavy (non-hydrogen) atoms. The van der Waals surface area contributed by atoms with Gasteiger partial charge in [-0.1, -0.05) is 18.2 Å². The van der Waals surface area contributed by atoms with Crippen LogP contribution in [0.4, 0.5) is 0 Å². The SMILES string of the molecule is Cc1cccc(CNC(C)c2ccc(I)cc2)n1. The van der Waals surface area contributed by atoms with Gasteiger partial charge in [-0.3, -0.25) is 4.98 Å². The number of benzene rings is 1. The van der Waals surface area contributed by atoms with Crippen molar-refractivity contribution >= 4 is 22.6 Å². The number of nitrogens with zero attached hydrogens (tertiary/aromatic N) is 1. The van der Waals surface area contributed by atoms with E-state index in [0.29, 0.717) is 6.04 Å². The largest absolute Gasteiger partial charge is 0.305 e. The van der Waals surface area contributed by atoms with E-state index >= 15 is 0 Å². The number of halogens is 1. The Kier molecular flexibility index (Phi) is 4.72. The molecule has 2 aromatic rings. The maximum absolute atomic E-state index is 4.49. The lowest BCUT2D eigenvalue weighted by atomic mass is 10.1. The summed E-state index contributed by atoms with van der Waals surface area (Å²) in [6.07, 6.45) is 0. The van der Waals surface area contributed by atoms with Gasteiger partial charge in [-0.05, 0) is 66.3 Å². The van der Waals surface area contributed by atoms with Crippen molar-refractivity contribution in [3.8, 4) is 0 Å². The molecule has 1 heterocycles. The third-order valence-electron chi connectivity index (χ3n) is 2.91. The molecule has 1 atom stereocenters. The van der Waals surface area contributed by atoms with Gasteiger partial charge in [0, 0.05) is 21.9 Å². The van der Waals surface area contributed by atoms with Crippen molar-refractivity contribution < 1.29 is 0 Å². The fraction of sp³-hybridized carbons (Fsp3) is 0.267. The van der Waals surface area contributed by atoms with Crippen LogP contribution in [0.2, 0.25) is 0 Å². The molecule has 0 aliphatic heterocycles. The molecular weight excluding hydrogens is 335 g/mol. The molecule has 3 heteroatoms. The summed E-state index contributed by atoms with van der Waals surface area (Å²) in [6, 6.07) is 15.1. The summed E-state index contributed by atoms with van der Waals surface area (Å²) < 4.78 is 1.27. The first kappa shape index (κ1) is 13.5. The number of hydrogen-bond donors (Lipinski definition) is 1. The standard InChI is InChI=1S/C15H17IN2/c1-11-4-3-5-15(18-11)10-17-12(2)13-6-8-14(16)9-7-13/h3-9,12,17H,10H2,1-2H3. The van der Waals surface area contributed by atoms with Crippen LogP contribution in [-0.2, 0) is 6.54 Å². The van der Waals surface area contributed by atoms with Crippen LogP contribution < -0.4 is 5.32 Å². The van der Waals surface area contributed by atoms with E-state index in [9.17, 15) is 0 Å². The maximum Gasteiger partial charge on any atom is 0.0545 e. The molecule has 1 N–H and O–H groups in total. The fourth-order valence-electron chi connectivity index (χ4n) is 1.82. The number of rotatable bonds is 4. The van der Waals surface area contributed by atoms with Gasteiger partial charge >= 0.3 is 0 Å². The number of aryl methyl sites for hydroxylation is 1. The Morgan fingerprint density at radius 1 is 1.17 bits per heavy atom. The lowest BCUT2D eigenvalue weighted by Gasteiger charge is -2.14. The highest BCUT2D eigenvalue weighted by Gasteiger charge is 2.04. The molecule has 94 valence electrons. The number of aromatic nitrogens is 1. The third-order valence-corrected chi connectivity index (χ3v) is 3.62. The first-order valence-electron chi connectivity index (χ1n) is 6.06. The zero-order chi connectivity index (χ0) is 13.0. The molecule has 0 bridgehead atoms. The third kappa shape index (κ3) is 3.78. The second-order valence-corrected chi connectivity index (χ2v) is 5.67. The molecule has 0 spiro atoms. The van der Waals surface area contributed by atoms with Gasteiger partial charge in [-0.25, -0.2) is 0 Å². The molecule has 1 aromatic heterocycles. The lowest BCUT2D eigenvalue weighted by molar-refractivity contribution is 0.567. The highest BCUT2D eigenvalue weighted by Crippen LogP contribution is 2.14. The van der Waals surface area contributed by atoms with E-state index in [1.807, 2.05) is 13.0 Å². The topological polar surface area (TPSA) is 24.9 Å². The molecule has 0 saturated carbocycles. The Labute approximate surface area is 122 Å².